The van der Waals surface area contributed by atoms with Crippen LogP contribution in [0.5, 0.6) is 0 Å². The SMILES string of the molecule is Cc1cc(C(=O)Nc2cccc(C(=O)N(C)C)c2C)no1. The summed E-state index contributed by atoms with van der Waals surface area (Å²) in [4.78, 5) is 25.6. The van der Waals surface area contributed by atoms with Crippen LogP contribution in [0.15, 0.2) is 28.8 Å². The smallest absolute Gasteiger partial charge is 0.277 e. The molecule has 0 aliphatic rings. The molecule has 0 fully saturated rings. The fraction of sp³-hybridized carbons (Fsp3) is 0.267. The van der Waals surface area contributed by atoms with Crippen LogP contribution >= 0.6 is 0 Å². The van der Waals surface area contributed by atoms with Crippen molar-refractivity contribution >= 4 is 17.5 Å². The summed E-state index contributed by atoms with van der Waals surface area (Å²) < 4.78 is 4.88. The summed E-state index contributed by atoms with van der Waals surface area (Å²) in [5.74, 6) is 0.0821. The fourth-order valence-corrected chi connectivity index (χ4v) is 1.90. The molecule has 2 aromatic rings. The molecule has 21 heavy (non-hydrogen) atoms. The highest BCUT2D eigenvalue weighted by Crippen LogP contribution is 2.20. The molecule has 0 aliphatic heterocycles. The van der Waals surface area contributed by atoms with Crippen LogP contribution in [0.2, 0.25) is 0 Å². The molecule has 0 spiro atoms. The predicted molar refractivity (Wildman–Crippen MR) is 78.4 cm³/mol. The highest BCUT2D eigenvalue weighted by Gasteiger charge is 2.16. The zero-order valence-electron chi connectivity index (χ0n) is 12.4. The third-order valence-electron chi connectivity index (χ3n) is 3.08. The summed E-state index contributed by atoms with van der Waals surface area (Å²) in [5.41, 5.74) is 2.04. The van der Waals surface area contributed by atoms with Crippen molar-refractivity contribution in [1.82, 2.24) is 10.1 Å². The van der Waals surface area contributed by atoms with E-state index in [1.807, 2.05) is 0 Å². The molecule has 0 radical (unpaired) electrons. The first kappa shape index (κ1) is 14.8. The van der Waals surface area contributed by atoms with Crippen LogP contribution in [0.1, 0.15) is 32.2 Å². The van der Waals surface area contributed by atoms with Gasteiger partial charge in [0, 0.05) is 31.4 Å². The maximum Gasteiger partial charge on any atom is 0.277 e. The first-order chi connectivity index (χ1) is 9.90. The van der Waals surface area contributed by atoms with Crippen molar-refractivity contribution in [2.75, 3.05) is 19.4 Å². The molecular formula is C15H17N3O3. The molecule has 0 aliphatic carbocycles. The van der Waals surface area contributed by atoms with Crippen LogP contribution in [0.3, 0.4) is 0 Å². The van der Waals surface area contributed by atoms with Gasteiger partial charge < -0.3 is 14.7 Å². The molecule has 0 bridgehead atoms. The van der Waals surface area contributed by atoms with Gasteiger partial charge in [0.05, 0.1) is 0 Å². The van der Waals surface area contributed by atoms with Crippen molar-refractivity contribution in [2.24, 2.45) is 0 Å². The number of carbonyl (C=O) groups is 2. The summed E-state index contributed by atoms with van der Waals surface area (Å²) in [6.07, 6.45) is 0. The lowest BCUT2D eigenvalue weighted by Crippen LogP contribution is -2.23. The maximum atomic E-state index is 12.1. The third-order valence-corrected chi connectivity index (χ3v) is 3.08. The van der Waals surface area contributed by atoms with Gasteiger partial charge in [-0.15, -0.1) is 0 Å². The Morgan fingerprint density at radius 3 is 2.52 bits per heavy atom. The van der Waals surface area contributed by atoms with E-state index in [0.29, 0.717) is 22.6 Å². The standard InChI is InChI=1S/C15H17N3O3/c1-9-8-13(17-21-9)14(19)16-12-7-5-6-11(10(12)2)15(20)18(3)4/h5-8H,1-4H3,(H,16,19). The summed E-state index contributed by atoms with van der Waals surface area (Å²) in [7, 11) is 3.37. The normalized spacial score (nSPS) is 10.3. The van der Waals surface area contributed by atoms with E-state index in [-0.39, 0.29) is 17.5 Å². The number of hydrogen-bond acceptors (Lipinski definition) is 4. The first-order valence-corrected chi connectivity index (χ1v) is 6.46. The predicted octanol–water partition coefficient (Wildman–Crippen LogP) is 2.25. The van der Waals surface area contributed by atoms with Gasteiger partial charge in [0.15, 0.2) is 5.69 Å². The van der Waals surface area contributed by atoms with E-state index in [1.165, 1.54) is 4.90 Å². The molecule has 2 rings (SSSR count). The summed E-state index contributed by atoms with van der Waals surface area (Å²) in [6.45, 7) is 3.51. The number of nitrogens with zero attached hydrogens (tertiary/aromatic N) is 2. The minimum Gasteiger partial charge on any atom is -0.361 e. The zero-order valence-corrected chi connectivity index (χ0v) is 12.4. The number of aromatic nitrogens is 1. The number of amides is 2. The molecule has 1 aromatic carbocycles. The Hall–Kier alpha value is -2.63. The van der Waals surface area contributed by atoms with Crippen molar-refractivity contribution in [3.63, 3.8) is 0 Å². The van der Waals surface area contributed by atoms with Crippen molar-refractivity contribution in [3.05, 3.63) is 46.8 Å². The Morgan fingerprint density at radius 1 is 1.24 bits per heavy atom. The van der Waals surface area contributed by atoms with E-state index in [1.54, 1.807) is 52.2 Å². The Labute approximate surface area is 122 Å². The monoisotopic (exact) mass is 287 g/mol. The Kier molecular flexibility index (Phi) is 4.07. The van der Waals surface area contributed by atoms with E-state index >= 15 is 0 Å². The second-order valence-electron chi connectivity index (χ2n) is 4.95. The van der Waals surface area contributed by atoms with Gasteiger partial charge in [0.1, 0.15) is 5.76 Å². The number of anilines is 1. The molecule has 0 unspecified atom stereocenters. The minimum absolute atomic E-state index is 0.110. The highest BCUT2D eigenvalue weighted by atomic mass is 16.5. The lowest BCUT2D eigenvalue weighted by molar-refractivity contribution is 0.0826. The van der Waals surface area contributed by atoms with Crippen molar-refractivity contribution in [2.45, 2.75) is 13.8 Å². The average Bonchev–Trinajstić information content (AvgIpc) is 2.87. The summed E-state index contributed by atoms with van der Waals surface area (Å²) in [5, 5.41) is 6.41. The van der Waals surface area contributed by atoms with Crippen LogP contribution in [-0.2, 0) is 0 Å². The van der Waals surface area contributed by atoms with Gasteiger partial charge in [-0.3, -0.25) is 9.59 Å². The molecule has 1 N–H and O–H groups in total. The molecule has 6 heteroatoms. The van der Waals surface area contributed by atoms with Crippen molar-refractivity contribution in [3.8, 4) is 0 Å². The van der Waals surface area contributed by atoms with E-state index in [9.17, 15) is 9.59 Å². The summed E-state index contributed by atoms with van der Waals surface area (Å²) >= 11 is 0. The lowest BCUT2D eigenvalue weighted by Gasteiger charge is -2.15. The van der Waals surface area contributed by atoms with Gasteiger partial charge in [0.25, 0.3) is 11.8 Å². The van der Waals surface area contributed by atoms with Crippen LogP contribution < -0.4 is 5.32 Å². The van der Waals surface area contributed by atoms with E-state index in [4.69, 9.17) is 4.52 Å². The summed E-state index contributed by atoms with van der Waals surface area (Å²) in [6, 6.07) is 6.76. The minimum atomic E-state index is -0.371. The quantitative estimate of drug-likeness (QED) is 0.939. The molecular weight excluding hydrogens is 270 g/mol. The van der Waals surface area contributed by atoms with Gasteiger partial charge in [-0.05, 0) is 31.5 Å². The molecule has 2 amide bonds. The maximum absolute atomic E-state index is 12.1. The number of aryl methyl sites for hydroxylation is 1. The average molecular weight is 287 g/mol. The Morgan fingerprint density at radius 2 is 1.95 bits per heavy atom. The zero-order chi connectivity index (χ0) is 15.6. The Balaban J connectivity index is 2.27. The van der Waals surface area contributed by atoms with E-state index in [0.717, 1.165) is 0 Å². The second-order valence-corrected chi connectivity index (χ2v) is 4.95. The molecule has 6 nitrogen and oxygen atoms in total. The topological polar surface area (TPSA) is 75.4 Å². The number of benzene rings is 1. The number of rotatable bonds is 3. The molecule has 0 saturated heterocycles. The van der Waals surface area contributed by atoms with E-state index in [2.05, 4.69) is 10.5 Å². The Bertz CT molecular complexity index is 689. The van der Waals surface area contributed by atoms with Gasteiger partial charge in [-0.25, -0.2) is 0 Å². The van der Waals surface area contributed by atoms with Crippen molar-refractivity contribution < 1.29 is 14.1 Å². The number of carbonyl (C=O) groups excluding carboxylic acids is 2. The van der Waals surface area contributed by atoms with Gasteiger partial charge in [-0.2, -0.15) is 0 Å². The molecule has 0 saturated carbocycles. The highest BCUT2D eigenvalue weighted by molar-refractivity contribution is 6.04. The fourth-order valence-electron chi connectivity index (χ4n) is 1.90. The molecule has 110 valence electrons. The van der Waals surface area contributed by atoms with Gasteiger partial charge in [-0.1, -0.05) is 11.2 Å². The van der Waals surface area contributed by atoms with E-state index < -0.39 is 0 Å². The van der Waals surface area contributed by atoms with Crippen molar-refractivity contribution in [1.29, 1.82) is 0 Å². The van der Waals surface area contributed by atoms with Gasteiger partial charge in [0.2, 0.25) is 0 Å². The van der Waals surface area contributed by atoms with Crippen LogP contribution in [0.4, 0.5) is 5.69 Å². The lowest BCUT2D eigenvalue weighted by atomic mass is 10.1. The number of nitrogens with one attached hydrogen (secondary N) is 1. The van der Waals surface area contributed by atoms with Crippen LogP contribution in [0.25, 0.3) is 0 Å². The molecule has 1 heterocycles. The molecule has 1 aromatic heterocycles. The first-order valence-electron chi connectivity index (χ1n) is 6.46. The molecule has 0 atom stereocenters. The van der Waals surface area contributed by atoms with Crippen LogP contribution in [0, 0.1) is 13.8 Å². The third kappa shape index (κ3) is 3.10. The second kappa shape index (κ2) is 5.78. The number of hydrogen-bond donors (Lipinski definition) is 1. The van der Waals surface area contributed by atoms with Crippen LogP contribution in [-0.4, -0.2) is 36.0 Å². The van der Waals surface area contributed by atoms with Gasteiger partial charge >= 0.3 is 0 Å². The largest absolute Gasteiger partial charge is 0.361 e.